The van der Waals surface area contributed by atoms with Gasteiger partial charge in [0.05, 0.1) is 24.1 Å². The summed E-state index contributed by atoms with van der Waals surface area (Å²) >= 11 is 1.75. The third-order valence-electron chi connectivity index (χ3n) is 4.15. The van der Waals surface area contributed by atoms with Gasteiger partial charge in [0.25, 0.3) is 5.91 Å². The zero-order chi connectivity index (χ0) is 16.9. The van der Waals surface area contributed by atoms with Gasteiger partial charge in [0.2, 0.25) is 0 Å². The maximum absolute atomic E-state index is 12.5. The number of carbonyl (C=O) groups is 1. The van der Waals surface area contributed by atoms with Gasteiger partial charge in [-0.3, -0.25) is 9.89 Å². The number of nitrogens with one attached hydrogen (secondary N) is 2. The van der Waals surface area contributed by atoms with Crippen molar-refractivity contribution in [3.8, 4) is 0 Å². The molecule has 0 radical (unpaired) electrons. The Labute approximate surface area is 146 Å². The lowest BCUT2D eigenvalue weighted by Gasteiger charge is -2.14. The van der Waals surface area contributed by atoms with E-state index >= 15 is 0 Å². The van der Waals surface area contributed by atoms with Gasteiger partial charge in [-0.2, -0.15) is 5.10 Å². The molecule has 2 heterocycles. The van der Waals surface area contributed by atoms with Crippen molar-refractivity contribution < 1.29 is 9.53 Å². The van der Waals surface area contributed by atoms with E-state index in [1.54, 1.807) is 18.0 Å². The van der Waals surface area contributed by atoms with Crippen LogP contribution in [-0.4, -0.2) is 41.1 Å². The summed E-state index contributed by atoms with van der Waals surface area (Å²) in [5.41, 5.74) is 2.78. The van der Waals surface area contributed by atoms with Gasteiger partial charge in [-0.1, -0.05) is 17.7 Å². The normalized spacial score (nSPS) is 18.5. The predicted octanol–water partition coefficient (Wildman–Crippen LogP) is 3.13. The second kappa shape index (κ2) is 7.85. The van der Waals surface area contributed by atoms with E-state index in [0.717, 1.165) is 24.5 Å². The second-order valence-corrected chi connectivity index (χ2v) is 7.35. The van der Waals surface area contributed by atoms with E-state index < -0.39 is 0 Å². The first-order valence-electron chi connectivity index (χ1n) is 8.25. The number of hydrogen-bond acceptors (Lipinski definition) is 4. The Balaban J connectivity index is 1.54. The highest BCUT2D eigenvalue weighted by Gasteiger charge is 2.25. The molecular formula is C18H23N3O2S. The topological polar surface area (TPSA) is 67.0 Å². The SMILES string of the molecule is Cc1ccc(SC[C@H](C)NC(=O)c2cn[nH]c2[C@H]2CCOC2)cc1. The van der Waals surface area contributed by atoms with Crippen LogP contribution in [0.5, 0.6) is 0 Å². The maximum Gasteiger partial charge on any atom is 0.254 e. The largest absolute Gasteiger partial charge is 0.381 e. The number of carbonyl (C=O) groups excluding carboxylic acids is 1. The Kier molecular flexibility index (Phi) is 5.58. The Morgan fingerprint density at radius 1 is 1.46 bits per heavy atom. The van der Waals surface area contributed by atoms with E-state index in [1.807, 2.05) is 6.92 Å². The van der Waals surface area contributed by atoms with Crippen LogP contribution >= 0.6 is 11.8 Å². The Morgan fingerprint density at radius 2 is 2.25 bits per heavy atom. The highest BCUT2D eigenvalue weighted by Crippen LogP contribution is 2.26. The molecule has 0 spiro atoms. The van der Waals surface area contributed by atoms with E-state index in [9.17, 15) is 4.79 Å². The van der Waals surface area contributed by atoms with Gasteiger partial charge in [0.1, 0.15) is 0 Å². The number of H-pyrrole nitrogens is 1. The van der Waals surface area contributed by atoms with Gasteiger partial charge in [-0.25, -0.2) is 0 Å². The molecule has 1 aromatic heterocycles. The Hall–Kier alpha value is -1.79. The van der Waals surface area contributed by atoms with Crippen molar-refractivity contribution in [3.05, 3.63) is 47.3 Å². The molecular weight excluding hydrogens is 322 g/mol. The summed E-state index contributed by atoms with van der Waals surface area (Å²) in [4.78, 5) is 13.7. The van der Waals surface area contributed by atoms with Crippen LogP contribution in [0.25, 0.3) is 0 Å². The lowest BCUT2D eigenvalue weighted by molar-refractivity contribution is 0.0942. The second-order valence-electron chi connectivity index (χ2n) is 6.26. The molecule has 5 nitrogen and oxygen atoms in total. The molecule has 2 atom stereocenters. The van der Waals surface area contributed by atoms with Gasteiger partial charge in [0.15, 0.2) is 0 Å². The van der Waals surface area contributed by atoms with Crippen LogP contribution in [0.4, 0.5) is 0 Å². The molecule has 2 N–H and O–H groups in total. The third-order valence-corrected chi connectivity index (χ3v) is 5.42. The molecule has 0 aliphatic carbocycles. The highest BCUT2D eigenvalue weighted by molar-refractivity contribution is 7.99. The van der Waals surface area contributed by atoms with Crippen LogP contribution in [0.1, 0.15) is 40.9 Å². The van der Waals surface area contributed by atoms with E-state index in [0.29, 0.717) is 12.2 Å². The molecule has 24 heavy (non-hydrogen) atoms. The third kappa shape index (κ3) is 4.19. The summed E-state index contributed by atoms with van der Waals surface area (Å²) < 4.78 is 5.41. The fourth-order valence-electron chi connectivity index (χ4n) is 2.75. The number of aromatic amines is 1. The highest BCUT2D eigenvalue weighted by atomic mass is 32.2. The van der Waals surface area contributed by atoms with Gasteiger partial charge >= 0.3 is 0 Å². The summed E-state index contributed by atoms with van der Waals surface area (Å²) in [5.74, 6) is 1.00. The first-order valence-corrected chi connectivity index (χ1v) is 9.23. The molecule has 0 saturated carbocycles. The van der Waals surface area contributed by atoms with Gasteiger partial charge < -0.3 is 10.1 Å². The van der Waals surface area contributed by atoms with Crippen LogP contribution in [0.3, 0.4) is 0 Å². The maximum atomic E-state index is 12.5. The standard InChI is InChI=1S/C18H23N3O2S/c1-12-3-5-15(6-4-12)24-11-13(2)20-18(22)16-9-19-21-17(16)14-7-8-23-10-14/h3-6,9,13-14H,7-8,10-11H2,1-2H3,(H,19,21)(H,20,22)/t13-,14-/m0/s1. The van der Waals surface area contributed by atoms with Crippen molar-refractivity contribution >= 4 is 17.7 Å². The van der Waals surface area contributed by atoms with Crippen molar-refractivity contribution in [2.24, 2.45) is 0 Å². The molecule has 1 aliphatic heterocycles. The van der Waals surface area contributed by atoms with Crippen molar-refractivity contribution in [1.29, 1.82) is 0 Å². The Morgan fingerprint density at radius 3 is 2.96 bits per heavy atom. The molecule has 1 aromatic carbocycles. The minimum absolute atomic E-state index is 0.0670. The van der Waals surface area contributed by atoms with Crippen molar-refractivity contribution in [3.63, 3.8) is 0 Å². The summed E-state index contributed by atoms with van der Waals surface area (Å²) in [6, 6.07) is 8.51. The van der Waals surface area contributed by atoms with Crippen LogP contribution in [0.15, 0.2) is 35.4 Å². The van der Waals surface area contributed by atoms with Gasteiger partial charge in [-0.15, -0.1) is 11.8 Å². The molecule has 2 aromatic rings. The molecule has 0 unspecified atom stereocenters. The number of aromatic nitrogens is 2. The van der Waals surface area contributed by atoms with E-state index in [-0.39, 0.29) is 17.9 Å². The number of aryl methyl sites for hydroxylation is 1. The molecule has 1 saturated heterocycles. The lowest BCUT2D eigenvalue weighted by atomic mass is 10.0. The quantitative estimate of drug-likeness (QED) is 0.790. The number of nitrogens with zero attached hydrogens (tertiary/aromatic N) is 1. The van der Waals surface area contributed by atoms with E-state index in [4.69, 9.17) is 4.74 Å². The average molecular weight is 345 g/mol. The lowest BCUT2D eigenvalue weighted by Crippen LogP contribution is -2.34. The van der Waals surface area contributed by atoms with Crippen molar-refractivity contribution in [2.45, 2.75) is 37.1 Å². The molecule has 3 rings (SSSR count). The zero-order valence-corrected chi connectivity index (χ0v) is 14.9. The van der Waals surface area contributed by atoms with Crippen molar-refractivity contribution in [2.75, 3.05) is 19.0 Å². The fourth-order valence-corrected chi connectivity index (χ4v) is 3.60. The monoisotopic (exact) mass is 345 g/mol. The minimum Gasteiger partial charge on any atom is -0.381 e. The van der Waals surface area contributed by atoms with E-state index in [1.165, 1.54) is 10.5 Å². The minimum atomic E-state index is -0.0670. The molecule has 6 heteroatoms. The van der Waals surface area contributed by atoms with Crippen LogP contribution in [0.2, 0.25) is 0 Å². The zero-order valence-electron chi connectivity index (χ0n) is 14.0. The van der Waals surface area contributed by atoms with Crippen LogP contribution in [0, 0.1) is 6.92 Å². The number of ether oxygens (including phenoxy) is 1. The smallest absolute Gasteiger partial charge is 0.254 e. The predicted molar refractivity (Wildman–Crippen MR) is 95.6 cm³/mol. The molecule has 1 amide bonds. The number of benzene rings is 1. The summed E-state index contributed by atoms with van der Waals surface area (Å²) in [6.07, 6.45) is 2.55. The first kappa shape index (κ1) is 17.0. The summed E-state index contributed by atoms with van der Waals surface area (Å²) in [7, 11) is 0. The Bertz CT molecular complexity index is 678. The first-order chi connectivity index (χ1) is 11.6. The molecule has 1 aliphatic rings. The summed E-state index contributed by atoms with van der Waals surface area (Å²) in [5, 5.41) is 10.1. The summed E-state index contributed by atoms with van der Waals surface area (Å²) in [6.45, 7) is 5.50. The number of hydrogen-bond donors (Lipinski definition) is 2. The van der Waals surface area contributed by atoms with Gasteiger partial charge in [0, 0.05) is 29.2 Å². The molecule has 1 fully saturated rings. The number of amides is 1. The van der Waals surface area contributed by atoms with Crippen molar-refractivity contribution in [1.82, 2.24) is 15.5 Å². The van der Waals surface area contributed by atoms with Crippen LogP contribution < -0.4 is 5.32 Å². The number of thioether (sulfide) groups is 1. The molecule has 128 valence electrons. The molecule has 0 bridgehead atoms. The van der Waals surface area contributed by atoms with Crippen LogP contribution in [-0.2, 0) is 4.74 Å². The van der Waals surface area contributed by atoms with Gasteiger partial charge in [-0.05, 0) is 32.4 Å². The van der Waals surface area contributed by atoms with E-state index in [2.05, 4.69) is 46.7 Å². The number of rotatable bonds is 6. The average Bonchev–Trinajstić information content (AvgIpc) is 3.25. The fraction of sp³-hybridized carbons (Fsp3) is 0.444.